The zero-order valence-corrected chi connectivity index (χ0v) is 12.6. The third-order valence-corrected chi connectivity index (χ3v) is 3.79. The van der Waals surface area contributed by atoms with E-state index in [1.54, 1.807) is 6.08 Å². The SMILES string of the molecule is CC(C)/C=C/C=C1\SC(=S)N(CCCC(=O)O)C1=O. The number of carboxylic acids is 1. The molecule has 0 unspecified atom stereocenters. The summed E-state index contributed by atoms with van der Waals surface area (Å²) in [7, 11) is 0. The molecule has 0 bridgehead atoms. The van der Waals surface area contributed by atoms with Crippen molar-refractivity contribution in [2.45, 2.75) is 26.7 Å². The maximum Gasteiger partial charge on any atom is 0.303 e. The number of rotatable bonds is 6. The summed E-state index contributed by atoms with van der Waals surface area (Å²) in [5.74, 6) is -0.563. The Morgan fingerprint density at radius 2 is 2.21 bits per heavy atom. The minimum absolute atomic E-state index is 0.0450. The quantitative estimate of drug-likeness (QED) is 0.604. The van der Waals surface area contributed by atoms with Gasteiger partial charge >= 0.3 is 5.97 Å². The summed E-state index contributed by atoms with van der Waals surface area (Å²) in [5, 5.41) is 8.58. The molecule has 1 heterocycles. The molecule has 0 radical (unpaired) electrons. The van der Waals surface area contributed by atoms with Crippen LogP contribution in [0.3, 0.4) is 0 Å². The predicted octanol–water partition coefficient (Wildman–Crippen LogP) is 2.81. The topological polar surface area (TPSA) is 57.6 Å². The van der Waals surface area contributed by atoms with Crippen LogP contribution in [-0.2, 0) is 9.59 Å². The fraction of sp³-hybridized carbons (Fsp3) is 0.462. The van der Waals surface area contributed by atoms with Crippen molar-refractivity contribution in [2.75, 3.05) is 6.54 Å². The first kappa shape index (κ1) is 15.9. The van der Waals surface area contributed by atoms with Crippen molar-refractivity contribution in [2.24, 2.45) is 5.92 Å². The van der Waals surface area contributed by atoms with Gasteiger partial charge < -0.3 is 5.11 Å². The van der Waals surface area contributed by atoms with Gasteiger partial charge in [0.15, 0.2) is 0 Å². The molecule has 0 spiro atoms. The Balaban J connectivity index is 2.60. The average molecular weight is 299 g/mol. The van der Waals surface area contributed by atoms with E-state index in [0.717, 1.165) is 0 Å². The number of hydrogen-bond donors (Lipinski definition) is 1. The highest BCUT2D eigenvalue weighted by atomic mass is 32.2. The molecule has 0 aromatic rings. The third-order valence-electron chi connectivity index (χ3n) is 2.39. The first-order valence-corrected chi connectivity index (χ1v) is 7.28. The van der Waals surface area contributed by atoms with Crippen LogP contribution >= 0.6 is 24.0 Å². The van der Waals surface area contributed by atoms with Crippen molar-refractivity contribution >= 4 is 40.2 Å². The lowest BCUT2D eigenvalue weighted by Crippen LogP contribution is -2.29. The molecule has 0 aromatic heterocycles. The molecule has 104 valence electrons. The Morgan fingerprint density at radius 3 is 2.79 bits per heavy atom. The molecule has 6 heteroatoms. The summed E-state index contributed by atoms with van der Waals surface area (Å²) >= 11 is 6.39. The number of allylic oxidation sites excluding steroid dienone is 3. The molecule has 1 saturated heterocycles. The van der Waals surface area contributed by atoms with Crippen molar-refractivity contribution in [1.29, 1.82) is 0 Å². The Morgan fingerprint density at radius 1 is 1.53 bits per heavy atom. The number of carbonyl (C=O) groups excluding carboxylic acids is 1. The second-order valence-corrected chi connectivity index (χ2v) is 6.16. The molecule has 1 rings (SSSR count). The van der Waals surface area contributed by atoms with E-state index in [1.165, 1.54) is 16.7 Å². The Bertz CT molecular complexity index is 441. The molecule has 1 aliphatic heterocycles. The zero-order valence-electron chi connectivity index (χ0n) is 11.0. The standard InChI is InChI=1S/C13H17NO3S2/c1-9(2)5-3-6-10-12(17)14(13(18)19-10)8-4-7-11(15)16/h3,5-6,9H,4,7-8H2,1-2H3,(H,15,16)/b5-3+,10-6-. The second-order valence-electron chi connectivity index (χ2n) is 4.48. The fourth-order valence-corrected chi connectivity index (χ4v) is 2.72. The number of carboxylic acid groups (broad SMARTS) is 1. The van der Waals surface area contributed by atoms with Crippen LogP contribution in [0.15, 0.2) is 23.1 Å². The number of carbonyl (C=O) groups is 2. The van der Waals surface area contributed by atoms with Gasteiger partial charge in [0.1, 0.15) is 4.32 Å². The Hall–Kier alpha value is -1.14. The minimum atomic E-state index is -0.860. The second kappa shape index (κ2) is 7.45. The zero-order chi connectivity index (χ0) is 14.4. The van der Waals surface area contributed by atoms with E-state index in [-0.39, 0.29) is 12.3 Å². The van der Waals surface area contributed by atoms with Crippen molar-refractivity contribution in [3.8, 4) is 0 Å². The van der Waals surface area contributed by atoms with Crippen molar-refractivity contribution in [1.82, 2.24) is 4.90 Å². The summed E-state index contributed by atoms with van der Waals surface area (Å²) in [5.41, 5.74) is 0. The Labute approximate surface area is 122 Å². The van der Waals surface area contributed by atoms with Gasteiger partial charge in [-0.15, -0.1) is 0 Å². The van der Waals surface area contributed by atoms with Gasteiger partial charge in [-0.05, 0) is 18.4 Å². The van der Waals surface area contributed by atoms with E-state index in [4.69, 9.17) is 17.3 Å². The van der Waals surface area contributed by atoms with E-state index >= 15 is 0 Å². The number of nitrogens with zero attached hydrogens (tertiary/aromatic N) is 1. The van der Waals surface area contributed by atoms with Crippen LogP contribution in [0.1, 0.15) is 26.7 Å². The molecule has 1 amide bonds. The van der Waals surface area contributed by atoms with Crippen LogP contribution in [0.25, 0.3) is 0 Å². The van der Waals surface area contributed by atoms with Gasteiger partial charge in [0.25, 0.3) is 5.91 Å². The fourth-order valence-electron chi connectivity index (χ4n) is 1.46. The molecular weight excluding hydrogens is 282 g/mol. The average Bonchev–Trinajstić information content (AvgIpc) is 2.56. The van der Waals surface area contributed by atoms with Crippen LogP contribution in [0.4, 0.5) is 0 Å². The van der Waals surface area contributed by atoms with Crippen LogP contribution in [0.5, 0.6) is 0 Å². The highest BCUT2D eigenvalue weighted by Gasteiger charge is 2.31. The van der Waals surface area contributed by atoms with Gasteiger partial charge in [0.2, 0.25) is 0 Å². The van der Waals surface area contributed by atoms with Crippen molar-refractivity contribution < 1.29 is 14.7 Å². The predicted molar refractivity (Wildman–Crippen MR) is 80.8 cm³/mol. The highest BCUT2D eigenvalue weighted by molar-refractivity contribution is 8.26. The molecule has 1 aliphatic rings. The normalized spacial score (nSPS) is 18.3. The van der Waals surface area contributed by atoms with Crippen LogP contribution in [0, 0.1) is 5.92 Å². The molecule has 0 aliphatic carbocycles. The monoisotopic (exact) mass is 299 g/mol. The number of thiocarbonyl (C=S) groups is 1. The number of aliphatic carboxylic acids is 1. The first-order valence-electron chi connectivity index (χ1n) is 6.05. The van der Waals surface area contributed by atoms with Crippen LogP contribution in [0.2, 0.25) is 0 Å². The van der Waals surface area contributed by atoms with E-state index in [1.807, 2.05) is 12.2 Å². The maximum atomic E-state index is 12.0. The van der Waals surface area contributed by atoms with Gasteiger partial charge in [-0.2, -0.15) is 0 Å². The maximum absolute atomic E-state index is 12.0. The number of hydrogen-bond acceptors (Lipinski definition) is 4. The smallest absolute Gasteiger partial charge is 0.303 e. The van der Waals surface area contributed by atoms with Gasteiger partial charge in [-0.3, -0.25) is 14.5 Å². The lowest BCUT2D eigenvalue weighted by molar-refractivity contribution is -0.137. The summed E-state index contributed by atoms with van der Waals surface area (Å²) in [4.78, 5) is 24.5. The third kappa shape index (κ3) is 5.16. The molecule has 1 fully saturated rings. The van der Waals surface area contributed by atoms with Gasteiger partial charge in [-0.1, -0.05) is 50.0 Å². The van der Waals surface area contributed by atoms with Gasteiger partial charge in [0, 0.05) is 13.0 Å². The molecule has 1 N–H and O–H groups in total. The number of amides is 1. The Kier molecular flexibility index (Phi) is 6.24. The minimum Gasteiger partial charge on any atom is -0.481 e. The molecule has 0 aromatic carbocycles. The van der Waals surface area contributed by atoms with Gasteiger partial charge in [0.05, 0.1) is 4.91 Å². The first-order chi connectivity index (χ1) is 8.91. The van der Waals surface area contributed by atoms with Crippen LogP contribution < -0.4 is 0 Å². The van der Waals surface area contributed by atoms with E-state index in [9.17, 15) is 9.59 Å². The number of thioether (sulfide) groups is 1. The van der Waals surface area contributed by atoms with E-state index in [0.29, 0.717) is 28.1 Å². The molecule has 0 saturated carbocycles. The lowest BCUT2D eigenvalue weighted by atomic mass is 10.2. The highest BCUT2D eigenvalue weighted by Crippen LogP contribution is 2.31. The van der Waals surface area contributed by atoms with E-state index < -0.39 is 5.97 Å². The summed E-state index contributed by atoms with van der Waals surface area (Å²) in [6.07, 6.45) is 6.07. The van der Waals surface area contributed by atoms with Gasteiger partial charge in [-0.25, -0.2) is 0 Å². The summed E-state index contributed by atoms with van der Waals surface area (Å²) < 4.78 is 0.500. The van der Waals surface area contributed by atoms with Crippen molar-refractivity contribution in [3.63, 3.8) is 0 Å². The molecule has 0 atom stereocenters. The largest absolute Gasteiger partial charge is 0.481 e. The lowest BCUT2D eigenvalue weighted by Gasteiger charge is -2.12. The van der Waals surface area contributed by atoms with Crippen molar-refractivity contribution in [3.05, 3.63) is 23.1 Å². The molecule has 4 nitrogen and oxygen atoms in total. The summed E-state index contributed by atoms with van der Waals surface area (Å²) in [6.45, 7) is 4.48. The molecular formula is C13H17NO3S2. The summed E-state index contributed by atoms with van der Waals surface area (Å²) in [6, 6.07) is 0. The van der Waals surface area contributed by atoms with E-state index in [2.05, 4.69) is 13.8 Å². The molecule has 19 heavy (non-hydrogen) atoms. The van der Waals surface area contributed by atoms with Crippen LogP contribution in [-0.4, -0.2) is 32.7 Å².